The molecule has 6 atom stereocenters. The van der Waals surface area contributed by atoms with Gasteiger partial charge in [0.25, 0.3) is 0 Å². The zero-order valence-electron chi connectivity index (χ0n) is 15.1. The lowest BCUT2D eigenvalue weighted by Gasteiger charge is -2.34. The van der Waals surface area contributed by atoms with Crippen LogP contribution in [0.2, 0.25) is 0 Å². The van der Waals surface area contributed by atoms with Gasteiger partial charge in [-0.25, -0.2) is 0 Å². The second-order valence-corrected chi connectivity index (χ2v) is 7.80. The number of Topliss-reactive ketones (excluding diaryl/α,β-unsaturated/α-hetero) is 1. The van der Waals surface area contributed by atoms with E-state index in [4.69, 9.17) is 9.47 Å². The van der Waals surface area contributed by atoms with Crippen molar-refractivity contribution in [2.75, 3.05) is 13.7 Å². The fourth-order valence-corrected chi connectivity index (χ4v) is 4.72. The molecule has 6 heteroatoms. The average molecular weight is 359 g/mol. The summed E-state index contributed by atoms with van der Waals surface area (Å²) in [4.78, 5) is 24.3. The van der Waals surface area contributed by atoms with Gasteiger partial charge in [0, 0.05) is 18.4 Å². The minimum atomic E-state index is -1.00. The first-order chi connectivity index (χ1) is 12.5. The first-order valence-electron chi connectivity index (χ1n) is 9.31. The number of esters is 1. The van der Waals surface area contributed by atoms with Crippen LogP contribution >= 0.6 is 0 Å². The SMILES string of the molecule is COC(=O)[C@@H](C)[C@@H](O)c1ccc2c(c1)OC(C1CC3C[C@@H]1CN3)CC2=O. The number of fused-ring (bicyclic) bond motifs is 3. The summed E-state index contributed by atoms with van der Waals surface area (Å²) in [7, 11) is 1.30. The average Bonchev–Trinajstić information content (AvgIpc) is 3.29. The predicted molar refractivity (Wildman–Crippen MR) is 94.0 cm³/mol. The smallest absolute Gasteiger partial charge is 0.311 e. The highest BCUT2D eigenvalue weighted by atomic mass is 16.5. The number of carbonyl (C=O) groups is 2. The molecule has 0 aromatic heterocycles. The van der Waals surface area contributed by atoms with Crippen LogP contribution in [0.3, 0.4) is 0 Å². The standard InChI is InChI=1S/C20H25NO5/c1-10(20(24)25-2)19(23)11-3-4-14-16(22)8-18(26-17(14)6-11)15-7-13-5-12(15)9-21-13/h3-4,6,10,12-13,15,18-19,21,23H,5,7-9H2,1-2H3/t10-,12+,13?,15?,18?,19+/m0/s1. The largest absolute Gasteiger partial charge is 0.489 e. The second-order valence-electron chi connectivity index (χ2n) is 7.80. The fourth-order valence-electron chi connectivity index (χ4n) is 4.72. The van der Waals surface area contributed by atoms with E-state index in [1.807, 2.05) is 0 Å². The van der Waals surface area contributed by atoms with E-state index in [2.05, 4.69) is 5.32 Å². The number of piperidine rings is 1. The van der Waals surface area contributed by atoms with E-state index in [1.54, 1.807) is 25.1 Å². The zero-order chi connectivity index (χ0) is 18.4. The zero-order valence-corrected chi connectivity index (χ0v) is 15.1. The summed E-state index contributed by atoms with van der Waals surface area (Å²) in [6, 6.07) is 5.64. The summed E-state index contributed by atoms with van der Waals surface area (Å²) in [5, 5.41) is 14.0. The van der Waals surface area contributed by atoms with Crippen molar-refractivity contribution in [1.29, 1.82) is 0 Å². The van der Waals surface area contributed by atoms with Crippen LogP contribution in [0.1, 0.15) is 48.2 Å². The minimum Gasteiger partial charge on any atom is -0.489 e. The molecule has 140 valence electrons. The van der Waals surface area contributed by atoms with E-state index >= 15 is 0 Å². The first kappa shape index (κ1) is 17.5. The molecule has 0 radical (unpaired) electrons. The van der Waals surface area contributed by atoms with Crippen LogP contribution in [-0.2, 0) is 9.53 Å². The van der Waals surface area contributed by atoms with Crippen LogP contribution in [0.4, 0.5) is 0 Å². The number of nitrogens with one attached hydrogen (secondary N) is 1. The van der Waals surface area contributed by atoms with Crippen LogP contribution in [-0.4, -0.2) is 42.7 Å². The molecule has 1 aromatic rings. The van der Waals surface area contributed by atoms with E-state index in [1.165, 1.54) is 13.5 Å². The Morgan fingerprint density at radius 3 is 2.85 bits per heavy atom. The second kappa shape index (κ2) is 6.67. The molecular formula is C20H25NO5. The third-order valence-corrected chi connectivity index (χ3v) is 6.25. The Morgan fingerprint density at radius 2 is 2.19 bits per heavy atom. The molecule has 6 nitrogen and oxygen atoms in total. The summed E-state index contributed by atoms with van der Waals surface area (Å²) in [5.74, 6) is 0.433. The number of carbonyl (C=O) groups excluding carboxylic acids is 2. The van der Waals surface area contributed by atoms with Crippen LogP contribution in [0.15, 0.2) is 18.2 Å². The van der Waals surface area contributed by atoms with Gasteiger partial charge in [0.1, 0.15) is 11.9 Å². The molecule has 26 heavy (non-hydrogen) atoms. The summed E-state index contributed by atoms with van der Waals surface area (Å²) in [6.45, 7) is 2.62. The van der Waals surface area contributed by atoms with Gasteiger partial charge in [-0.1, -0.05) is 6.07 Å². The quantitative estimate of drug-likeness (QED) is 0.799. The molecule has 4 rings (SSSR count). The van der Waals surface area contributed by atoms with Gasteiger partial charge in [0.2, 0.25) is 0 Å². The number of benzene rings is 1. The maximum Gasteiger partial charge on any atom is 0.311 e. The number of hydrogen-bond donors (Lipinski definition) is 2. The Morgan fingerprint density at radius 1 is 1.38 bits per heavy atom. The predicted octanol–water partition coefficient (Wildman–Crippen LogP) is 1.86. The topological polar surface area (TPSA) is 84.9 Å². The van der Waals surface area contributed by atoms with Gasteiger partial charge in [-0.05, 0) is 49.9 Å². The fraction of sp³-hybridized carbons (Fsp3) is 0.600. The van der Waals surface area contributed by atoms with E-state index in [-0.39, 0.29) is 11.9 Å². The van der Waals surface area contributed by atoms with Crippen molar-refractivity contribution < 1.29 is 24.2 Å². The first-order valence-corrected chi connectivity index (χ1v) is 9.31. The lowest BCUT2D eigenvalue weighted by molar-refractivity contribution is -0.148. The minimum absolute atomic E-state index is 0.0917. The van der Waals surface area contributed by atoms with Gasteiger partial charge < -0.3 is 19.9 Å². The van der Waals surface area contributed by atoms with Crippen molar-refractivity contribution in [2.24, 2.45) is 17.8 Å². The van der Waals surface area contributed by atoms with Crippen molar-refractivity contribution >= 4 is 11.8 Å². The number of ketones is 1. The Hall–Kier alpha value is -1.92. The van der Waals surface area contributed by atoms with Gasteiger partial charge in [-0.3, -0.25) is 9.59 Å². The third-order valence-electron chi connectivity index (χ3n) is 6.25. The van der Waals surface area contributed by atoms with Crippen LogP contribution < -0.4 is 10.1 Å². The van der Waals surface area contributed by atoms with E-state index in [9.17, 15) is 14.7 Å². The maximum absolute atomic E-state index is 12.6. The van der Waals surface area contributed by atoms with Gasteiger partial charge in [0.15, 0.2) is 5.78 Å². The van der Waals surface area contributed by atoms with Gasteiger partial charge >= 0.3 is 5.97 Å². The molecule has 3 aliphatic rings. The number of hydrogen-bond acceptors (Lipinski definition) is 6. The molecule has 2 aliphatic heterocycles. The molecule has 2 N–H and O–H groups in total. The summed E-state index contributed by atoms with van der Waals surface area (Å²) < 4.78 is 10.9. The molecule has 2 fully saturated rings. The van der Waals surface area contributed by atoms with Gasteiger partial charge in [0.05, 0.1) is 24.7 Å². The number of aliphatic hydroxyl groups excluding tert-OH is 1. The van der Waals surface area contributed by atoms with Crippen LogP contribution in [0.5, 0.6) is 5.75 Å². The molecule has 3 unspecified atom stereocenters. The Labute approximate surface area is 152 Å². The summed E-state index contributed by atoms with van der Waals surface area (Å²) in [6.07, 6.45) is 1.54. The monoisotopic (exact) mass is 359 g/mol. The van der Waals surface area contributed by atoms with Gasteiger partial charge in [-0.2, -0.15) is 0 Å². The lowest BCUT2D eigenvalue weighted by atomic mass is 9.84. The molecule has 1 saturated heterocycles. The van der Waals surface area contributed by atoms with Gasteiger partial charge in [-0.15, -0.1) is 0 Å². The highest BCUT2D eigenvalue weighted by Gasteiger charge is 2.46. The van der Waals surface area contributed by atoms with Crippen molar-refractivity contribution in [3.63, 3.8) is 0 Å². The molecule has 1 aliphatic carbocycles. The molecular weight excluding hydrogens is 334 g/mol. The lowest BCUT2D eigenvalue weighted by Crippen LogP contribution is -2.41. The normalized spacial score (nSPS) is 31.9. The van der Waals surface area contributed by atoms with Crippen LogP contribution in [0.25, 0.3) is 0 Å². The Balaban J connectivity index is 1.56. The Bertz CT molecular complexity index is 733. The van der Waals surface area contributed by atoms with Crippen LogP contribution in [0, 0.1) is 17.8 Å². The number of rotatable bonds is 4. The molecule has 1 aromatic carbocycles. The third kappa shape index (κ3) is 2.91. The molecule has 1 saturated carbocycles. The number of ether oxygens (including phenoxy) is 2. The van der Waals surface area contributed by atoms with E-state index in [0.717, 1.165) is 13.0 Å². The number of aliphatic hydroxyl groups is 1. The Kier molecular flexibility index (Phi) is 4.49. The van der Waals surface area contributed by atoms with Crippen molar-refractivity contribution in [3.8, 4) is 5.75 Å². The molecule has 0 amide bonds. The molecule has 0 spiro atoms. The summed E-state index contributed by atoms with van der Waals surface area (Å²) in [5.41, 5.74) is 1.12. The highest BCUT2D eigenvalue weighted by molar-refractivity contribution is 6.00. The maximum atomic E-state index is 12.6. The van der Waals surface area contributed by atoms with Crippen molar-refractivity contribution in [3.05, 3.63) is 29.3 Å². The molecule has 2 heterocycles. The number of methoxy groups -OCH3 is 1. The molecule has 2 bridgehead atoms. The van der Waals surface area contributed by atoms with E-state index < -0.39 is 18.0 Å². The van der Waals surface area contributed by atoms with E-state index in [0.29, 0.717) is 41.2 Å². The van der Waals surface area contributed by atoms with Crippen molar-refractivity contribution in [2.45, 2.75) is 44.4 Å². The summed E-state index contributed by atoms with van der Waals surface area (Å²) >= 11 is 0. The van der Waals surface area contributed by atoms with Crippen molar-refractivity contribution in [1.82, 2.24) is 5.32 Å². The highest BCUT2D eigenvalue weighted by Crippen LogP contribution is 2.43.